The summed E-state index contributed by atoms with van der Waals surface area (Å²) in [7, 11) is 0. The second kappa shape index (κ2) is 8.00. The topological polar surface area (TPSA) is 88.5 Å². The molecule has 0 bridgehead atoms. The van der Waals surface area contributed by atoms with Gasteiger partial charge in [0.25, 0.3) is 0 Å². The molecule has 1 amide bonds. The number of halogens is 2. The highest BCUT2D eigenvalue weighted by atomic mass is 35.5. The molecule has 0 aliphatic carbocycles. The van der Waals surface area contributed by atoms with Crippen molar-refractivity contribution in [1.82, 2.24) is 29.0 Å². The van der Waals surface area contributed by atoms with Gasteiger partial charge in [-0.15, -0.1) is 0 Å². The Morgan fingerprint density at radius 1 is 1.09 bits per heavy atom. The van der Waals surface area contributed by atoms with Gasteiger partial charge in [0, 0.05) is 60.0 Å². The van der Waals surface area contributed by atoms with Gasteiger partial charge in [0.2, 0.25) is 0 Å². The van der Waals surface area contributed by atoms with Crippen molar-refractivity contribution in [3.8, 4) is 22.4 Å². The van der Waals surface area contributed by atoms with E-state index in [0.717, 1.165) is 34.1 Å². The number of rotatable bonds is 3. The minimum absolute atomic E-state index is 0.0280. The smallest absolute Gasteiger partial charge is 0.407 e. The van der Waals surface area contributed by atoms with Crippen LogP contribution in [0.3, 0.4) is 0 Å². The van der Waals surface area contributed by atoms with Crippen LogP contribution in [0.2, 0.25) is 10.0 Å². The van der Waals surface area contributed by atoms with Crippen molar-refractivity contribution in [2.75, 3.05) is 13.1 Å². The molecular formula is C24H18Cl2N6O2. The van der Waals surface area contributed by atoms with E-state index in [1.54, 1.807) is 24.4 Å². The van der Waals surface area contributed by atoms with Crippen molar-refractivity contribution in [2.45, 2.75) is 12.5 Å². The number of carbonyl (C=O) groups is 1. The Morgan fingerprint density at radius 2 is 1.91 bits per heavy atom. The molecule has 34 heavy (non-hydrogen) atoms. The van der Waals surface area contributed by atoms with Crippen LogP contribution in [0.25, 0.3) is 38.9 Å². The summed E-state index contributed by atoms with van der Waals surface area (Å²) in [5, 5.41) is 15.7. The monoisotopic (exact) mass is 492 g/mol. The van der Waals surface area contributed by atoms with E-state index in [-0.39, 0.29) is 6.04 Å². The van der Waals surface area contributed by atoms with Gasteiger partial charge in [-0.2, -0.15) is 5.10 Å². The average Bonchev–Trinajstić information content (AvgIpc) is 3.57. The number of pyridine rings is 2. The summed E-state index contributed by atoms with van der Waals surface area (Å²) >= 11 is 12.8. The third-order valence-electron chi connectivity index (χ3n) is 6.25. The summed E-state index contributed by atoms with van der Waals surface area (Å²) in [4.78, 5) is 22.1. The predicted molar refractivity (Wildman–Crippen MR) is 130 cm³/mol. The Balaban J connectivity index is 1.40. The third-order valence-corrected chi connectivity index (χ3v) is 6.88. The van der Waals surface area contributed by atoms with E-state index >= 15 is 0 Å². The van der Waals surface area contributed by atoms with E-state index in [9.17, 15) is 9.90 Å². The number of carboxylic acid groups (broad SMARTS) is 1. The van der Waals surface area contributed by atoms with Crippen LogP contribution in [0.4, 0.5) is 4.79 Å². The fourth-order valence-electron chi connectivity index (χ4n) is 4.48. The highest BCUT2D eigenvalue weighted by molar-refractivity contribution is 6.39. The molecule has 10 heteroatoms. The molecule has 1 N–H and O–H groups in total. The van der Waals surface area contributed by atoms with Gasteiger partial charge in [-0.25, -0.2) is 9.78 Å². The lowest BCUT2D eigenvalue weighted by Crippen LogP contribution is -2.27. The van der Waals surface area contributed by atoms with Gasteiger partial charge >= 0.3 is 6.09 Å². The zero-order chi connectivity index (χ0) is 23.4. The van der Waals surface area contributed by atoms with E-state index in [1.807, 2.05) is 46.0 Å². The van der Waals surface area contributed by atoms with Gasteiger partial charge in [-0.1, -0.05) is 29.3 Å². The summed E-state index contributed by atoms with van der Waals surface area (Å²) in [6.07, 6.45) is 9.21. The zero-order valence-corrected chi connectivity index (χ0v) is 19.3. The number of hydrogen-bond donors (Lipinski definition) is 1. The lowest BCUT2D eigenvalue weighted by atomic mass is 10.1. The summed E-state index contributed by atoms with van der Waals surface area (Å²) in [6, 6.07) is 9.40. The van der Waals surface area contributed by atoms with Crippen LogP contribution < -0.4 is 0 Å². The van der Waals surface area contributed by atoms with E-state index in [0.29, 0.717) is 34.4 Å². The molecular weight excluding hydrogens is 475 g/mol. The van der Waals surface area contributed by atoms with Crippen LogP contribution in [0.5, 0.6) is 0 Å². The molecule has 1 aliphatic heterocycles. The first-order valence-corrected chi connectivity index (χ1v) is 11.5. The molecule has 1 atom stereocenters. The molecule has 0 spiro atoms. The number of imidazole rings is 1. The van der Waals surface area contributed by atoms with Gasteiger partial charge < -0.3 is 14.4 Å². The maximum atomic E-state index is 11.2. The first kappa shape index (κ1) is 20.9. The lowest BCUT2D eigenvalue weighted by molar-refractivity contribution is 0.154. The largest absolute Gasteiger partial charge is 0.465 e. The number of amides is 1. The minimum atomic E-state index is -0.894. The number of nitrogens with zero attached hydrogens (tertiary/aromatic N) is 6. The van der Waals surface area contributed by atoms with Crippen LogP contribution in [-0.2, 0) is 0 Å². The van der Waals surface area contributed by atoms with Crippen molar-refractivity contribution in [1.29, 1.82) is 0 Å². The molecule has 1 aromatic carbocycles. The molecule has 6 rings (SSSR count). The highest BCUT2D eigenvalue weighted by Crippen LogP contribution is 2.35. The van der Waals surface area contributed by atoms with Gasteiger partial charge in [0.1, 0.15) is 5.65 Å². The zero-order valence-electron chi connectivity index (χ0n) is 17.8. The molecule has 1 unspecified atom stereocenters. The summed E-state index contributed by atoms with van der Waals surface area (Å²) in [5.41, 5.74) is 4.76. The summed E-state index contributed by atoms with van der Waals surface area (Å²) < 4.78 is 3.78. The number of hydrogen-bond acceptors (Lipinski definition) is 4. The first-order chi connectivity index (χ1) is 16.5. The van der Waals surface area contributed by atoms with Crippen LogP contribution in [0.1, 0.15) is 12.5 Å². The molecule has 0 saturated carbocycles. The number of benzene rings is 1. The van der Waals surface area contributed by atoms with Crippen molar-refractivity contribution in [2.24, 2.45) is 0 Å². The summed E-state index contributed by atoms with van der Waals surface area (Å²) in [5.74, 6) is 0. The van der Waals surface area contributed by atoms with Crippen molar-refractivity contribution >= 4 is 45.8 Å². The van der Waals surface area contributed by atoms with Crippen molar-refractivity contribution < 1.29 is 9.90 Å². The fourth-order valence-corrected chi connectivity index (χ4v) is 5.07. The molecule has 8 nitrogen and oxygen atoms in total. The Kier molecular flexibility index (Phi) is 4.93. The number of aromatic nitrogens is 5. The maximum absolute atomic E-state index is 11.2. The van der Waals surface area contributed by atoms with Crippen LogP contribution in [0, 0.1) is 0 Å². The molecule has 4 aromatic heterocycles. The van der Waals surface area contributed by atoms with E-state index < -0.39 is 6.09 Å². The minimum Gasteiger partial charge on any atom is -0.465 e. The second-order valence-corrected chi connectivity index (χ2v) is 9.12. The molecule has 5 aromatic rings. The molecule has 1 fully saturated rings. The van der Waals surface area contributed by atoms with E-state index in [1.165, 1.54) is 4.90 Å². The second-order valence-electron chi connectivity index (χ2n) is 8.31. The number of likely N-dealkylation sites (tertiary alicyclic amines) is 1. The van der Waals surface area contributed by atoms with Gasteiger partial charge in [-0.3, -0.25) is 9.67 Å². The molecule has 1 aliphatic rings. The summed E-state index contributed by atoms with van der Waals surface area (Å²) in [6.45, 7) is 0.955. The maximum Gasteiger partial charge on any atom is 0.407 e. The predicted octanol–water partition coefficient (Wildman–Crippen LogP) is 5.64. The van der Waals surface area contributed by atoms with E-state index in [2.05, 4.69) is 10.1 Å². The van der Waals surface area contributed by atoms with Gasteiger partial charge in [-0.05, 0) is 30.7 Å². The molecule has 170 valence electrons. The Morgan fingerprint density at radius 3 is 2.68 bits per heavy atom. The Hall–Kier alpha value is -3.62. The standard InChI is InChI=1S/C24H18Cl2N6O2/c25-18-2-1-3-19(26)22(18)21-13-30-7-5-20-17(23(30)29-21)8-14(9-27-20)15-10-28-32(11-15)16-4-6-31(12-16)24(33)34/h1-3,5,7-11,13,16H,4,6,12H2,(H,33,34). The van der Waals surface area contributed by atoms with Gasteiger partial charge in [0.05, 0.1) is 33.5 Å². The molecule has 1 saturated heterocycles. The van der Waals surface area contributed by atoms with E-state index in [4.69, 9.17) is 28.2 Å². The Bertz CT molecular complexity index is 1560. The number of fused-ring (bicyclic) bond motifs is 3. The van der Waals surface area contributed by atoms with Crippen molar-refractivity contribution in [3.63, 3.8) is 0 Å². The first-order valence-electron chi connectivity index (χ1n) is 10.7. The van der Waals surface area contributed by atoms with Crippen molar-refractivity contribution in [3.05, 3.63) is 71.4 Å². The molecule has 0 radical (unpaired) electrons. The average molecular weight is 493 g/mol. The van der Waals surface area contributed by atoms with Crippen LogP contribution >= 0.6 is 23.2 Å². The highest BCUT2D eigenvalue weighted by Gasteiger charge is 2.27. The fraction of sp³-hybridized carbons (Fsp3) is 0.167. The van der Waals surface area contributed by atoms with Crippen LogP contribution in [-0.4, -0.2) is 53.3 Å². The normalized spacial score (nSPS) is 16.1. The lowest BCUT2D eigenvalue weighted by Gasteiger charge is -2.12. The van der Waals surface area contributed by atoms with Gasteiger partial charge in [0.15, 0.2) is 0 Å². The van der Waals surface area contributed by atoms with Crippen LogP contribution in [0.15, 0.2) is 61.3 Å². The Labute approximate surface area is 204 Å². The quantitative estimate of drug-likeness (QED) is 0.351. The SMILES string of the molecule is O=C(O)N1CCC(n2cc(-c3cnc4ccn5cc(-c6c(Cl)cccc6Cl)nc5c4c3)cn2)C1. The third kappa shape index (κ3) is 3.46. The molecule has 5 heterocycles.